The summed E-state index contributed by atoms with van der Waals surface area (Å²) in [5, 5.41) is 2.87. The Kier molecular flexibility index (Phi) is 8.80. The lowest BCUT2D eigenvalue weighted by molar-refractivity contribution is -0.131. The zero-order chi connectivity index (χ0) is 19.5. The first-order valence-corrected chi connectivity index (χ1v) is 9.22. The van der Waals surface area contributed by atoms with E-state index in [1.807, 2.05) is 24.3 Å². The maximum atomic E-state index is 12.2. The average Bonchev–Trinajstić information content (AvgIpc) is 2.70. The van der Waals surface area contributed by atoms with Crippen molar-refractivity contribution >= 4 is 17.9 Å². The van der Waals surface area contributed by atoms with Gasteiger partial charge >= 0.3 is 0 Å². The summed E-state index contributed by atoms with van der Waals surface area (Å²) in [5.41, 5.74) is 0.865. The highest BCUT2D eigenvalue weighted by molar-refractivity contribution is 5.94. The monoisotopic (exact) mass is 375 g/mol. The van der Waals surface area contributed by atoms with Crippen molar-refractivity contribution in [3.63, 3.8) is 0 Å². The summed E-state index contributed by atoms with van der Waals surface area (Å²) in [6.07, 6.45) is 4.06. The standard InChI is InChI=1S/C20H29N3O4/c1-22(20(25)8-7-17-5-3-6-18(15-17)26-2)16-19(24)21-9-4-10-23-11-13-27-14-12-23/h3,5-8,15H,4,9-14,16H2,1-2H3,(H,21,24)/b8-7+. The van der Waals surface area contributed by atoms with Gasteiger partial charge in [-0.2, -0.15) is 0 Å². The Morgan fingerprint density at radius 1 is 1.33 bits per heavy atom. The Morgan fingerprint density at radius 2 is 2.11 bits per heavy atom. The number of carbonyl (C=O) groups excluding carboxylic acids is 2. The van der Waals surface area contributed by atoms with E-state index < -0.39 is 0 Å². The molecule has 1 heterocycles. The highest BCUT2D eigenvalue weighted by Gasteiger charge is 2.12. The topological polar surface area (TPSA) is 71.1 Å². The Bertz CT molecular complexity index is 642. The minimum absolute atomic E-state index is 0.0405. The number of rotatable bonds is 9. The van der Waals surface area contributed by atoms with Gasteiger partial charge in [0.25, 0.3) is 0 Å². The van der Waals surface area contributed by atoms with Crippen LogP contribution in [0.5, 0.6) is 5.75 Å². The van der Waals surface area contributed by atoms with Crippen molar-refractivity contribution in [1.82, 2.24) is 15.1 Å². The quantitative estimate of drug-likeness (QED) is 0.515. The summed E-state index contributed by atoms with van der Waals surface area (Å²) in [4.78, 5) is 27.9. The SMILES string of the molecule is COc1cccc(/C=C/C(=O)N(C)CC(=O)NCCCN2CCOCC2)c1. The van der Waals surface area contributed by atoms with Crippen LogP contribution in [0.4, 0.5) is 0 Å². The van der Waals surface area contributed by atoms with Crippen LogP contribution in [0.3, 0.4) is 0 Å². The van der Waals surface area contributed by atoms with E-state index in [0.29, 0.717) is 6.54 Å². The van der Waals surface area contributed by atoms with Gasteiger partial charge in [-0.15, -0.1) is 0 Å². The molecule has 0 atom stereocenters. The van der Waals surface area contributed by atoms with Crippen LogP contribution >= 0.6 is 0 Å². The summed E-state index contributed by atoms with van der Waals surface area (Å²) in [6, 6.07) is 7.42. The largest absolute Gasteiger partial charge is 0.497 e. The van der Waals surface area contributed by atoms with Crippen molar-refractivity contribution in [3.8, 4) is 5.75 Å². The predicted octanol–water partition coefficient (Wildman–Crippen LogP) is 1.01. The molecule has 7 heteroatoms. The van der Waals surface area contributed by atoms with Gasteiger partial charge in [-0.3, -0.25) is 14.5 Å². The minimum atomic E-state index is -0.221. The van der Waals surface area contributed by atoms with E-state index >= 15 is 0 Å². The molecular formula is C20H29N3O4. The second kappa shape index (κ2) is 11.4. The summed E-state index contributed by atoms with van der Waals surface area (Å²) in [5.74, 6) is 0.360. The molecule has 0 aliphatic carbocycles. The summed E-state index contributed by atoms with van der Waals surface area (Å²) in [6.45, 7) is 5.05. The van der Waals surface area contributed by atoms with Gasteiger partial charge in [0.05, 0.1) is 26.9 Å². The normalized spacial score (nSPS) is 14.9. The molecule has 0 aromatic heterocycles. The van der Waals surface area contributed by atoms with Gasteiger partial charge in [0.2, 0.25) is 11.8 Å². The van der Waals surface area contributed by atoms with E-state index in [1.165, 1.54) is 11.0 Å². The Labute approximate surface area is 160 Å². The van der Waals surface area contributed by atoms with Crippen molar-refractivity contribution in [2.45, 2.75) is 6.42 Å². The van der Waals surface area contributed by atoms with Crippen LogP contribution in [0.15, 0.2) is 30.3 Å². The number of nitrogens with zero attached hydrogens (tertiary/aromatic N) is 2. The van der Waals surface area contributed by atoms with Crippen LogP contribution in [0.2, 0.25) is 0 Å². The lowest BCUT2D eigenvalue weighted by atomic mass is 10.2. The van der Waals surface area contributed by atoms with Gasteiger partial charge in [-0.1, -0.05) is 12.1 Å². The molecule has 1 aliphatic heterocycles. The minimum Gasteiger partial charge on any atom is -0.497 e. The molecule has 2 amide bonds. The number of nitrogens with one attached hydrogen (secondary N) is 1. The number of hydrogen-bond donors (Lipinski definition) is 1. The molecule has 0 unspecified atom stereocenters. The van der Waals surface area contributed by atoms with Gasteiger partial charge in [-0.05, 0) is 36.7 Å². The summed E-state index contributed by atoms with van der Waals surface area (Å²) in [7, 11) is 3.22. The summed E-state index contributed by atoms with van der Waals surface area (Å²) < 4.78 is 10.5. The number of methoxy groups -OCH3 is 1. The third kappa shape index (κ3) is 7.80. The molecule has 0 spiro atoms. The van der Waals surface area contributed by atoms with Crippen LogP contribution in [0, 0.1) is 0 Å². The number of hydrogen-bond acceptors (Lipinski definition) is 5. The van der Waals surface area contributed by atoms with Gasteiger partial charge < -0.3 is 19.7 Å². The molecule has 0 bridgehead atoms. The number of morpholine rings is 1. The highest BCUT2D eigenvalue weighted by Crippen LogP contribution is 2.13. The van der Waals surface area contributed by atoms with E-state index in [4.69, 9.17) is 9.47 Å². The molecule has 0 radical (unpaired) electrons. The van der Waals surface area contributed by atoms with Crippen molar-refractivity contribution in [2.24, 2.45) is 0 Å². The lowest BCUT2D eigenvalue weighted by Gasteiger charge is -2.26. The third-order valence-electron chi connectivity index (χ3n) is 4.35. The van der Waals surface area contributed by atoms with Crippen molar-refractivity contribution in [1.29, 1.82) is 0 Å². The Morgan fingerprint density at radius 3 is 2.85 bits per heavy atom. The third-order valence-corrected chi connectivity index (χ3v) is 4.35. The fraction of sp³-hybridized carbons (Fsp3) is 0.500. The van der Waals surface area contributed by atoms with Crippen LogP contribution in [0.25, 0.3) is 6.08 Å². The molecule has 2 rings (SSSR count). The molecule has 7 nitrogen and oxygen atoms in total. The number of ether oxygens (including phenoxy) is 2. The average molecular weight is 375 g/mol. The maximum absolute atomic E-state index is 12.2. The van der Waals surface area contributed by atoms with E-state index in [-0.39, 0.29) is 18.4 Å². The van der Waals surface area contributed by atoms with Crippen LogP contribution in [0.1, 0.15) is 12.0 Å². The second-order valence-electron chi connectivity index (χ2n) is 6.46. The molecule has 1 fully saturated rings. The molecule has 1 aromatic rings. The second-order valence-corrected chi connectivity index (χ2v) is 6.46. The molecule has 1 N–H and O–H groups in total. The van der Waals surface area contributed by atoms with Crippen LogP contribution < -0.4 is 10.1 Å². The van der Waals surface area contributed by atoms with Crippen LogP contribution in [-0.4, -0.2) is 81.7 Å². The van der Waals surface area contributed by atoms with Gasteiger partial charge in [0.15, 0.2) is 0 Å². The van der Waals surface area contributed by atoms with Gasteiger partial charge in [0.1, 0.15) is 5.75 Å². The fourth-order valence-corrected chi connectivity index (χ4v) is 2.74. The highest BCUT2D eigenvalue weighted by atomic mass is 16.5. The number of carbonyl (C=O) groups is 2. The van der Waals surface area contributed by atoms with E-state index in [2.05, 4.69) is 10.2 Å². The van der Waals surface area contributed by atoms with E-state index in [9.17, 15) is 9.59 Å². The Balaban J connectivity index is 1.66. The molecule has 1 aliphatic rings. The van der Waals surface area contributed by atoms with Crippen LogP contribution in [-0.2, 0) is 14.3 Å². The smallest absolute Gasteiger partial charge is 0.246 e. The number of likely N-dealkylation sites (N-methyl/N-ethyl adjacent to an activating group) is 1. The van der Waals surface area contributed by atoms with E-state index in [0.717, 1.165) is 50.6 Å². The molecule has 27 heavy (non-hydrogen) atoms. The van der Waals surface area contributed by atoms with Gasteiger partial charge in [-0.25, -0.2) is 0 Å². The lowest BCUT2D eigenvalue weighted by Crippen LogP contribution is -2.40. The molecule has 1 aromatic carbocycles. The zero-order valence-electron chi connectivity index (χ0n) is 16.1. The van der Waals surface area contributed by atoms with Crippen molar-refractivity contribution in [2.75, 3.05) is 60.1 Å². The first kappa shape index (κ1) is 20.9. The first-order chi connectivity index (χ1) is 13.1. The first-order valence-electron chi connectivity index (χ1n) is 9.22. The molecule has 148 valence electrons. The summed E-state index contributed by atoms with van der Waals surface area (Å²) >= 11 is 0. The molecule has 0 saturated carbocycles. The number of benzene rings is 1. The van der Waals surface area contributed by atoms with Crippen molar-refractivity contribution < 1.29 is 19.1 Å². The maximum Gasteiger partial charge on any atom is 0.246 e. The van der Waals surface area contributed by atoms with Crippen molar-refractivity contribution in [3.05, 3.63) is 35.9 Å². The van der Waals surface area contributed by atoms with E-state index in [1.54, 1.807) is 20.2 Å². The number of amides is 2. The predicted molar refractivity (Wildman–Crippen MR) is 105 cm³/mol. The fourth-order valence-electron chi connectivity index (χ4n) is 2.74. The zero-order valence-corrected chi connectivity index (χ0v) is 16.1. The molecule has 1 saturated heterocycles. The molecular weight excluding hydrogens is 346 g/mol. The van der Waals surface area contributed by atoms with Gasteiger partial charge in [0, 0.05) is 32.8 Å². The Hall–Kier alpha value is -2.38.